The van der Waals surface area contributed by atoms with Crippen molar-refractivity contribution in [2.45, 2.75) is 199 Å². The SMILES string of the molecule is CCOC(=O)C(=CN[C@@H]1[C@H](C)[C@@H](O)[C@](C)(O)[C@@H](CC)OC(=O)[C@H](C)[C@@H](O[C@H]2C[C@@](C)(OC)[C@@H](O)[C@H](C)O2)[C@H](C)[C@@H](O[C@@H]2O[C@H](C)C[C@H](N(C)C)[C@H]2O)[C@](C)(O)C[C@H]1C)C(=O)OCC. The molecule has 3 rings (SSSR count). The number of carbonyl (C=O) groups excluding carboxylic acids is 3. The van der Waals surface area contributed by atoms with Gasteiger partial charge in [0.1, 0.15) is 23.9 Å². The molecule has 3 aliphatic heterocycles. The van der Waals surface area contributed by atoms with Gasteiger partial charge in [-0.2, -0.15) is 0 Å². The van der Waals surface area contributed by atoms with Crippen molar-refractivity contribution >= 4 is 17.9 Å². The minimum absolute atomic E-state index is 0.0245. The zero-order valence-corrected chi connectivity index (χ0v) is 40.2. The number of likely N-dealkylation sites (N-methyl/N-ethyl adjacent to an activating group) is 1. The summed E-state index contributed by atoms with van der Waals surface area (Å²) in [6, 6.07) is -1.28. The summed E-state index contributed by atoms with van der Waals surface area (Å²) in [7, 11) is 5.15. The summed E-state index contributed by atoms with van der Waals surface area (Å²) >= 11 is 0. The zero-order chi connectivity index (χ0) is 47.9. The summed E-state index contributed by atoms with van der Waals surface area (Å²) in [4.78, 5) is 42.4. The molecule has 0 radical (unpaired) electrons. The number of hydrogen-bond acceptors (Lipinski definition) is 18. The number of esters is 3. The van der Waals surface area contributed by atoms with Gasteiger partial charge in [0.2, 0.25) is 0 Å². The highest BCUT2D eigenvalue weighted by Gasteiger charge is 2.53. The van der Waals surface area contributed by atoms with E-state index in [1.54, 1.807) is 69.2 Å². The summed E-state index contributed by atoms with van der Waals surface area (Å²) in [5.74, 6) is -6.26. The fourth-order valence-electron chi connectivity index (χ4n) is 9.72. The molecule has 0 unspecified atom stereocenters. The largest absolute Gasteiger partial charge is 0.462 e. The first-order valence-corrected chi connectivity index (χ1v) is 22.6. The molecule has 0 aromatic carbocycles. The van der Waals surface area contributed by atoms with Gasteiger partial charge in [-0.05, 0) is 94.7 Å². The van der Waals surface area contributed by atoms with Gasteiger partial charge >= 0.3 is 17.9 Å². The Balaban J connectivity index is 2.30. The van der Waals surface area contributed by atoms with E-state index in [1.807, 2.05) is 25.9 Å². The van der Waals surface area contributed by atoms with E-state index in [4.69, 9.17) is 37.9 Å². The highest BCUT2D eigenvalue weighted by Crippen LogP contribution is 2.41. The van der Waals surface area contributed by atoms with Gasteiger partial charge in [0.15, 0.2) is 18.2 Å². The first-order valence-electron chi connectivity index (χ1n) is 22.6. The lowest BCUT2D eigenvalue weighted by atomic mass is 9.72. The molecule has 3 saturated heterocycles. The molecule has 0 saturated carbocycles. The standard InChI is InChI=1S/C45H80N2O16/c1-16-31-45(12,55)36(49)25(6)33(46-22-29(40(52)57-17-2)41(53)58-18-3)23(4)20-43(10,54)38(63-42-34(48)30(47(13)14)19-24(5)59-42)26(7)35(27(8)39(51)61-31)62-32-21-44(11,56-15)37(50)28(9)60-32/h22-28,30-38,42,46,48-50,54-55H,16-21H2,1-15H3/t23-,24-,25+,26+,27-,28+,30+,31-,32+,33+,34-,35+,36-,37+,38-,42+,43-,44-,45-/m1/s1. The second-order valence-electron chi connectivity index (χ2n) is 18.9. The average molecular weight is 905 g/mol. The predicted octanol–water partition coefficient (Wildman–Crippen LogP) is 2.18. The fourth-order valence-corrected chi connectivity index (χ4v) is 9.72. The molecule has 63 heavy (non-hydrogen) atoms. The van der Waals surface area contributed by atoms with Crippen molar-refractivity contribution in [3.05, 3.63) is 11.8 Å². The van der Waals surface area contributed by atoms with E-state index in [0.29, 0.717) is 6.42 Å². The zero-order valence-electron chi connectivity index (χ0n) is 40.2. The van der Waals surface area contributed by atoms with Crippen molar-refractivity contribution < 1.29 is 77.8 Å². The van der Waals surface area contributed by atoms with Crippen LogP contribution in [0.3, 0.4) is 0 Å². The lowest BCUT2D eigenvalue weighted by molar-refractivity contribution is -0.318. The van der Waals surface area contributed by atoms with Crippen LogP contribution in [-0.2, 0) is 52.3 Å². The van der Waals surface area contributed by atoms with Crippen molar-refractivity contribution in [3.63, 3.8) is 0 Å². The molecule has 19 atom stereocenters. The highest BCUT2D eigenvalue weighted by atomic mass is 16.7. The van der Waals surface area contributed by atoms with Crippen LogP contribution in [0.2, 0.25) is 0 Å². The van der Waals surface area contributed by atoms with Crippen LogP contribution in [0.1, 0.15) is 109 Å². The molecule has 3 aliphatic rings. The third kappa shape index (κ3) is 12.9. The first-order chi connectivity index (χ1) is 29.2. The third-order valence-electron chi connectivity index (χ3n) is 13.5. The van der Waals surface area contributed by atoms with Crippen LogP contribution in [0.5, 0.6) is 0 Å². The Hall–Kier alpha value is -2.49. The molecular formula is C45H80N2O16. The van der Waals surface area contributed by atoms with Crippen LogP contribution in [0.25, 0.3) is 0 Å². The number of aliphatic hydroxyl groups is 5. The van der Waals surface area contributed by atoms with Crippen LogP contribution in [0, 0.1) is 23.7 Å². The summed E-state index contributed by atoms with van der Waals surface area (Å²) in [5.41, 5.74) is -5.44. The molecule has 0 spiro atoms. The normalized spacial score (nSPS) is 43.3. The van der Waals surface area contributed by atoms with E-state index < -0.39 is 125 Å². The third-order valence-corrected chi connectivity index (χ3v) is 13.5. The highest BCUT2D eigenvalue weighted by molar-refractivity contribution is 6.13. The second-order valence-corrected chi connectivity index (χ2v) is 18.9. The van der Waals surface area contributed by atoms with Gasteiger partial charge in [0.25, 0.3) is 0 Å². The van der Waals surface area contributed by atoms with Gasteiger partial charge < -0.3 is 73.6 Å². The van der Waals surface area contributed by atoms with Gasteiger partial charge in [0.05, 0.1) is 60.9 Å². The molecule has 18 nitrogen and oxygen atoms in total. The maximum absolute atomic E-state index is 14.4. The van der Waals surface area contributed by atoms with Crippen molar-refractivity contribution in [3.8, 4) is 0 Å². The maximum atomic E-state index is 14.4. The summed E-state index contributed by atoms with van der Waals surface area (Å²) < 4.78 is 48.0. The van der Waals surface area contributed by atoms with Crippen LogP contribution < -0.4 is 5.32 Å². The van der Waals surface area contributed by atoms with Crippen LogP contribution in [0.15, 0.2) is 11.8 Å². The summed E-state index contributed by atoms with van der Waals surface area (Å²) in [5, 5.41) is 63.0. The van der Waals surface area contributed by atoms with Gasteiger partial charge in [-0.25, -0.2) is 9.59 Å². The van der Waals surface area contributed by atoms with Gasteiger partial charge in [-0.3, -0.25) is 4.79 Å². The first kappa shape index (κ1) is 54.8. The summed E-state index contributed by atoms with van der Waals surface area (Å²) in [6.45, 7) is 19.8. The van der Waals surface area contributed by atoms with Crippen LogP contribution >= 0.6 is 0 Å². The van der Waals surface area contributed by atoms with E-state index in [1.165, 1.54) is 14.0 Å². The van der Waals surface area contributed by atoms with Crippen molar-refractivity contribution in [1.29, 1.82) is 0 Å². The Morgan fingerprint density at radius 2 is 1.46 bits per heavy atom. The Morgan fingerprint density at radius 3 is 1.98 bits per heavy atom. The maximum Gasteiger partial charge on any atom is 0.347 e. The Labute approximate surface area is 374 Å². The van der Waals surface area contributed by atoms with E-state index >= 15 is 0 Å². The quantitative estimate of drug-likeness (QED) is 0.0510. The van der Waals surface area contributed by atoms with Gasteiger partial charge in [-0.1, -0.05) is 27.7 Å². The number of nitrogens with one attached hydrogen (secondary N) is 1. The molecule has 366 valence electrons. The predicted molar refractivity (Wildman–Crippen MR) is 230 cm³/mol. The lowest BCUT2D eigenvalue weighted by Gasteiger charge is -2.49. The van der Waals surface area contributed by atoms with Crippen molar-refractivity contribution in [2.24, 2.45) is 23.7 Å². The molecule has 0 aromatic rings. The Morgan fingerprint density at radius 1 is 0.873 bits per heavy atom. The monoisotopic (exact) mass is 905 g/mol. The minimum atomic E-state index is -2.05. The van der Waals surface area contributed by atoms with Crippen LogP contribution in [-0.4, -0.2) is 173 Å². The second kappa shape index (κ2) is 22.8. The molecule has 0 aromatic heterocycles. The average Bonchev–Trinajstić information content (AvgIpc) is 3.20. The molecule has 0 amide bonds. The lowest BCUT2D eigenvalue weighted by Crippen LogP contribution is -2.62. The molecule has 6 N–H and O–H groups in total. The van der Waals surface area contributed by atoms with E-state index in [-0.39, 0.29) is 44.6 Å². The van der Waals surface area contributed by atoms with Gasteiger partial charge in [-0.15, -0.1) is 0 Å². The topological polar surface area (TPSA) is 241 Å². The summed E-state index contributed by atoms with van der Waals surface area (Å²) in [6.07, 6.45) is -9.08. The Kier molecular flexibility index (Phi) is 19.9. The number of hydrogen-bond donors (Lipinski definition) is 6. The van der Waals surface area contributed by atoms with Gasteiger partial charge in [0, 0.05) is 43.7 Å². The molecule has 0 aliphatic carbocycles. The van der Waals surface area contributed by atoms with Crippen LogP contribution in [0.4, 0.5) is 0 Å². The van der Waals surface area contributed by atoms with Crippen molar-refractivity contribution in [1.82, 2.24) is 10.2 Å². The number of rotatable bonds is 13. The van der Waals surface area contributed by atoms with E-state index in [9.17, 15) is 39.9 Å². The number of cyclic esters (lactones) is 1. The van der Waals surface area contributed by atoms with Crippen molar-refractivity contribution in [2.75, 3.05) is 34.4 Å². The molecular weight excluding hydrogens is 824 g/mol. The number of carbonyl (C=O) groups is 3. The minimum Gasteiger partial charge on any atom is -0.462 e. The number of methoxy groups -OCH3 is 1. The fraction of sp³-hybridized carbons (Fsp3) is 0.889. The number of ether oxygens (including phenoxy) is 8. The number of nitrogens with zero attached hydrogens (tertiary/aromatic N) is 1. The Bertz CT molecular complexity index is 1510. The van der Waals surface area contributed by atoms with E-state index in [0.717, 1.165) is 6.20 Å². The molecule has 0 bridgehead atoms. The molecule has 18 heteroatoms. The van der Waals surface area contributed by atoms with E-state index in [2.05, 4.69) is 5.32 Å². The molecule has 3 fully saturated rings. The molecule has 3 heterocycles. The smallest absolute Gasteiger partial charge is 0.347 e. The number of aliphatic hydroxyl groups excluding tert-OH is 3.